The van der Waals surface area contributed by atoms with E-state index < -0.39 is 8.07 Å². The van der Waals surface area contributed by atoms with Crippen molar-refractivity contribution in [1.82, 2.24) is 5.32 Å². The molecule has 3 nitrogen and oxygen atoms in total. The Morgan fingerprint density at radius 3 is 2.38 bits per heavy atom. The maximum atomic E-state index is 12.0. The van der Waals surface area contributed by atoms with Gasteiger partial charge in [0.1, 0.15) is 5.75 Å². The Kier molecular flexibility index (Phi) is 4.37. The van der Waals surface area contributed by atoms with Crippen molar-refractivity contribution in [3.05, 3.63) is 36.4 Å². The van der Waals surface area contributed by atoms with Crippen LogP contribution in [0.25, 0.3) is 10.8 Å². The summed E-state index contributed by atoms with van der Waals surface area (Å²) in [5.74, 6) is 0.713. The Hall–Kier alpha value is -1.81. The molecule has 0 aliphatic heterocycles. The molecule has 0 fully saturated rings. The second kappa shape index (κ2) is 5.90. The van der Waals surface area contributed by atoms with E-state index in [2.05, 4.69) is 37.1 Å². The van der Waals surface area contributed by atoms with E-state index in [1.54, 1.807) is 0 Å². The van der Waals surface area contributed by atoms with Gasteiger partial charge in [0, 0.05) is 11.4 Å². The van der Waals surface area contributed by atoms with Crippen LogP contribution < -0.4 is 15.2 Å². The molecule has 0 aliphatic rings. The smallest absolute Gasteiger partial charge is 0.410 e. The van der Waals surface area contributed by atoms with Crippen molar-refractivity contribution in [2.75, 3.05) is 0 Å². The molecule has 2 aromatic rings. The molecule has 2 aromatic carbocycles. The zero-order valence-corrected chi connectivity index (χ0v) is 14.4. The number of benzene rings is 2. The average Bonchev–Trinajstić information content (AvgIpc) is 2.36. The molecule has 0 bridgehead atoms. The minimum Gasteiger partial charge on any atom is -0.410 e. The lowest BCUT2D eigenvalue weighted by Crippen LogP contribution is -2.41. The number of hydrogen-bond acceptors (Lipinski definition) is 2. The number of carbonyl (C=O) groups excluding carboxylic acids is 1. The predicted molar refractivity (Wildman–Crippen MR) is 91.2 cm³/mol. The highest BCUT2D eigenvalue weighted by atomic mass is 28.3. The molecular weight excluding hydrogens is 278 g/mol. The zero-order valence-electron chi connectivity index (χ0n) is 13.4. The molecule has 0 spiro atoms. The normalized spacial score (nSPS) is 11.7. The molecular formula is C17H23NO2Si. The van der Waals surface area contributed by atoms with Gasteiger partial charge in [-0.2, -0.15) is 0 Å². The van der Waals surface area contributed by atoms with Crippen molar-refractivity contribution in [3.63, 3.8) is 0 Å². The summed E-state index contributed by atoms with van der Waals surface area (Å²) in [4.78, 5) is 12.0. The summed E-state index contributed by atoms with van der Waals surface area (Å²) in [6.45, 7) is 10.6. The van der Waals surface area contributed by atoms with E-state index in [-0.39, 0.29) is 12.1 Å². The number of fused-ring (bicyclic) bond motifs is 1. The van der Waals surface area contributed by atoms with Crippen LogP contribution in [0.5, 0.6) is 5.75 Å². The first kappa shape index (κ1) is 15.6. The minimum atomic E-state index is -1.61. The molecule has 4 heteroatoms. The van der Waals surface area contributed by atoms with Gasteiger partial charge in [-0.15, -0.1) is 0 Å². The summed E-state index contributed by atoms with van der Waals surface area (Å²) in [7, 11) is -1.61. The topological polar surface area (TPSA) is 38.3 Å². The first-order valence-electron chi connectivity index (χ1n) is 7.29. The van der Waals surface area contributed by atoms with Crippen LogP contribution in [0.2, 0.25) is 19.6 Å². The molecule has 21 heavy (non-hydrogen) atoms. The summed E-state index contributed by atoms with van der Waals surface area (Å²) in [6, 6.07) is 12.3. The van der Waals surface area contributed by atoms with Gasteiger partial charge in [-0.1, -0.05) is 56.0 Å². The second-order valence-corrected chi connectivity index (χ2v) is 11.6. The molecule has 0 aliphatic carbocycles. The van der Waals surface area contributed by atoms with Gasteiger partial charge in [-0.3, -0.25) is 0 Å². The number of amides is 1. The Balaban J connectivity index is 2.54. The highest BCUT2D eigenvalue weighted by Crippen LogP contribution is 2.26. The molecule has 0 saturated carbocycles. The molecule has 0 unspecified atom stereocenters. The minimum absolute atomic E-state index is 0.0582. The Labute approximate surface area is 127 Å². The highest BCUT2D eigenvalue weighted by Gasteiger charge is 2.24. The van der Waals surface area contributed by atoms with Crippen molar-refractivity contribution in [1.29, 1.82) is 0 Å². The largest absolute Gasteiger partial charge is 0.412 e. The van der Waals surface area contributed by atoms with Crippen molar-refractivity contribution in [2.45, 2.75) is 39.5 Å². The third-order valence-electron chi connectivity index (χ3n) is 3.29. The van der Waals surface area contributed by atoms with Gasteiger partial charge >= 0.3 is 6.09 Å². The van der Waals surface area contributed by atoms with Gasteiger partial charge < -0.3 is 10.1 Å². The molecule has 0 atom stereocenters. The van der Waals surface area contributed by atoms with E-state index in [0.29, 0.717) is 5.75 Å². The van der Waals surface area contributed by atoms with Gasteiger partial charge in [0.2, 0.25) is 0 Å². The molecule has 0 radical (unpaired) electrons. The van der Waals surface area contributed by atoms with Crippen LogP contribution >= 0.6 is 0 Å². The summed E-state index contributed by atoms with van der Waals surface area (Å²) in [5.41, 5.74) is 0. The average molecular weight is 301 g/mol. The van der Waals surface area contributed by atoms with Gasteiger partial charge in [-0.25, -0.2) is 4.79 Å². The quantitative estimate of drug-likeness (QED) is 0.874. The van der Waals surface area contributed by atoms with Crippen molar-refractivity contribution in [3.8, 4) is 5.75 Å². The number of ether oxygens (including phenoxy) is 1. The van der Waals surface area contributed by atoms with Crippen LogP contribution in [0.3, 0.4) is 0 Å². The number of rotatable bonds is 3. The fourth-order valence-corrected chi connectivity index (χ4v) is 3.75. The lowest BCUT2D eigenvalue weighted by molar-refractivity contribution is 0.198. The van der Waals surface area contributed by atoms with Gasteiger partial charge in [-0.05, 0) is 24.4 Å². The van der Waals surface area contributed by atoms with E-state index >= 15 is 0 Å². The second-order valence-electron chi connectivity index (χ2n) is 6.60. The van der Waals surface area contributed by atoms with Crippen molar-refractivity contribution in [2.24, 2.45) is 0 Å². The number of nitrogens with one attached hydrogen (secondary N) is 1. The summed E-state index contributed by atoms with van der Waals surface area (Å²) >= 11 is 0. The van der Waals surface area contributed by atoms with Crippen LogP contribution in [0.1, 0.15) is 13.8 Å². The Morgan fingerprint density at radius 2 is 1.76 bits per heavy atom. The lowest BCUT2D eigenvalue weighted by Gasteiger charge is -2.22. The number of hydrogen-bond donors (Lipinski definition) is 1. The van der Waals surface area contributed by atoms with E-state index in [4.69, 9.17) is 4.74 Å². The summed E-state index contributed by atoms with van der Waals surface area (Å²) in [5, 5.41) is 6.04. The van der Waals surface area contributed by atoms with E-state index in [0.717, 1.165) is 10.8 Å². The third-order valence-corrected chi connectivity index (χ3v) is 5.30. The molecule has 1 N–H and O–H groups in total. The monoisotopic (exact) mass is 301 g/mol. The standard InChI is InChI=1S/C17H23NO2Si/c1-12(2)18-17(19)20-16-14-9-7-6-8-13(14)10-11-15(16)21(3,4)5/h6-12H,1-5H3,(H,18,19). The summed E-state index contributed by atoms with van der Waals surface area (Å²) < 4.78 is 5.68. The maximum Gasteiger partial charge on any atom is 0.412 e. The van der Waals surface area contributed by atoms with Gasteiger partial charge in [0.25, 0.3) is 0 Å². The van der Waals surface area contributed by atoms with E-state index in [1.165, 1.54) is 5.19 Å². The third kappa shape index (κ3) is 3.64. The highest BCUT2D eigenvalue weighted by molar-refractivity contribution is 6.89. The molecule has 112 valence electrons. The molecule has 0 saturated heterocycles. The van der Waals surface area contributed by atoms with Crippen LogP contribution in [-0.2, 0) is 0 Å². The predicted octanol–water partition coefficient (Wildman–Crippen LogP) is 3.88. The van der Waals surface area contributed by atoms with Crippen LogP contribution in [-0.4, -0.2) is 20.2 Å². The first-order chi connectivity index (χ1) is 9.79. The summed E-state index contributed by atoms with van der Waals surface area (Å²) in [6.07, 6.45) is -0.388. The first-order valence-corrected chi connectivity index (χ1v) is 10.8. The van der Waals surface area contributed by atoms with Crippen molar-refractivity contribution < 1.29 is 9.53 Å². The Bertz CT molecular complexity index is 659. The fraction of sp³-hybridized carbons (Fsp3) is 0.353. The van der Waals surface area contributed by atoms with Gasteiger partial charge in [0.05, 0.1) is 8.07 Å². The van der Waals surface area contributed by atoms with Crippen LogP contribution in [0.15, 0.2) is 36.4 Å². The van der Waals surface area contributed by atoms with Crippen LogP contribution in [0, 0.1) is 0 Å². The van der Waals surface area contributed by atoms with E-state index in [1.807, 2.05) is 38.1 Å². The van der Waals surface area contributed by atoms with Gasteiger partial charge in [0.15, 0.2) is 0 Å². The maximum absolute atomic E-state index is 12.0. The lowest BCUT2D eigenvalue weighted by atomic mass is 10.1. The van der Waals surface area contributed by atoms with Crippen LogP contribution in [0.4, 0.5) is 4.79 Å². The zero-order chi connectivity index (χ0) is 15.6. The molecule has 0 heterocycles. The molecule has 1 amide bonds. The Morgan fingerprint density at radius 1 is 1.10 bits per heavy atom. The fourth-order valence-electron chi connectivity index (χ4n) is 2.30. The number of carbonyl (C=O) groups is 1. The molecule has 0 aromatic heterocycles. The SMILES string of the molecule is CC(C)NC(=O)Oc1c([Si](C)(C)C)ccc2ccccc12. The molecule has 2 rings (SSSR count). The van der Waals surface area contributed by atoms with Crippen molar-refractivity contribution >= 4 is 30.1 Å². The van der Waals surface area contributed by atoms with E-state index in [9.17, 15) is 4.79 Å².